The molecule has 0 saturated heterocycles. The Hall–Kier alpha value is -2.36. The standard InChI is InChI=1S/C16H15NO3/c18-15-8-7-12-4-2-6-14(12)17(15)10-11-3-1-5-13(9-11)16(19)20/h1,3,5,7-9H,2,4,6,10H2,(H,19,20). The number of benzene rings is 1. The first-order valence-corrected chi connectivity index (χ1v) is 6.69. The van der Waals surface area contributed by atoms with E-state index in [0.717, 1.165) is 30.5 Å². The maximum Gasteiger partial charge on any atom is 0.335 e. The van der Waals surface area contributed by atoms with Crippen LogP contribution in [0.3, 0.4) is 0 Å². The third kappa shape index (κ3) is 2.25. The zero-order valence-electron chi connectivity index (χ0n) is 11.0. The summed E-state index contributed by atoms with van der Waals surface area (Å²) in [7, 11) is 0. The van der Waals surface area contributed by atoms with E-state index in [0.29, 0.717) is 6.54 Å². The fourth-order valence-corrected chi connectivity index (χ4v) is 2.79. The van der Waals surface area contributed by atoms with Crippen LogP contribution < -0.4 is 5.56 Å². The van der Waals surface area contributed by atoms with Gasteiger partial charge in [-0.15, -0.1) is 0 Å². The third-order valence-electron chi connectivity index (χ3n) is 3.76. The predicted molar refractivity (Wildman–Crippen MR) is 75.2 cm³/mol. The molecule has 0 aliphatic heterocycles. The molecule has 0 bridgehead atoms. The molecule has 4 nitrogen and oxygen atoms in total. The molecule has 1 heterocycles. The number of carboxylic acid groups (broad SMARTS) is 1. The molecule has 20 heavy (non-hydrogen) atoms. The molecule has 0 radical (unpaired) electrons. The number of aromatic carboxylic acids is 1. The first-order valence-electron chi connectivity index (χ1n) is 6.69. The zero-order valence-corrected chi connectivity index (χ0v) is 11.0. The van der Waals surface area contributed by atoms with Gasteiger partial charge in [0.2, 0.25) is 0 Å². The van der Waals surface area contributed by atoms with Crippen LogP contribution in [0.4, 0.5) is 0 Å². The Morgan fingerprint density at radius 3 is 2.85 bits per heavy atom. The zero-order chi connectivity index (χ0) is 14.1. The second kappa shape index (κ2) is 4.96. The first kappa shape index (κ1) is 12.7. The number of aryl methyl sites for hydroxylation is 1. The van der Waals surface area contributed by atoms with Gasteiger partial charge in [-0.25, -0.2) is 4.79 Å². The molecule has 0 spiro atoms. The van der Waals surface area contributed by atoms with E-state index in [-0.39, 0.29) is 11.1 Å². The maximum absolute atomic E-state index is 12.0. The lowest BCUT2D eigenvalue weighted by atomic mass is 10.1. The number of fused-ring (bicyclic) bond motifs is 1. The molecule has 1 aromatic carbocycles. The van der Waals surface area contributed by atoms with E-state index in [4.69, 9.17) is 5.11 Å². The fourth-order valence-electron chi connectivity index (χ4n) is 2.79. The largest absolute Gasteiger partial charge is 0.478 e. The number of carboxylic acids is 1. The van der Waals surface area contributed by atoms with Gasteiger partial charge in [0.1, 0.15) is 0 Å². The van der Waals surface area contributed by atoms with Gasteiger partial charge in [-0.05, 0) is 42.5 Å². The molecule has 0 fully saturated rings. The molecule has 2 aromatic rings. The minimum atomic E-state index is -0.947. The van der Waals surface area contributed by atoms with E-state index in [1.807, 2.05) is 12.1 Å². The highest BCUT2D eigenvalue weighted by Crippen LogP contribution is 2.20. The quantitative estimate of drug-likeness (QED) is 0.928. The van der Waals surface area contributed by atoms with E-state index < -0.39 is 5.97 Å². The predicted octanol–water partition coefficient (Wildman–Crippen LogP) is 2.08. The van der Waals surface area contributed by atoms with Crippen molar-refractivity contribution < 1.29 is 9.90 Å². The Morgan fingerprint density at radius 1 is 1.20 bits per heavy atom. The number of nitrogens with zero attached hydrogens (tertiary/aromatic N) is 1. The van der Waals surface area contributed by atoms with Crippen LogP contribution in [0.1, 0.15) is 33.6 Å². The van der Waals surface area contributed by atoms with E-state index >= 15 is 0 Å². The molecule has 0 atom stereocenters. The highest BCUT2D eigenvalue weighted by molar-refractivity contribution is 5.87. The van der Waals surface area contributed by atoms with Crippen molar-refractivity contribution in [3.05, 3.63) is 69.1 Å². The average Bonchev–Trinajstić information content (AvgIpc) is 2.91. The summed E-state index contributed by atoms with van der Waals surface area (Å²) in [4.78, 5) is 23.0. The number of hydrogen-bond donors (Lipinski definition) is 1. The summed E-state index contributed by atoms with van der Waals surface area (Å²) >= 11 is 0. The van der Waals surface area contributed by atoms with Crippen molar-refractivity contribution in [1.82, 2.24) is 4.57 Å². The third-order valence-corrected chi connectivity index (χ3v) is 3.76. The summed E-state index contributed by atoms with van der Waals surface area (Å²) < 4.78 is 1.77. The molecule has 1 N–H and O–H groups in total. The van der Waals surface area contributed by atoms with Gasteiger partial charge in [0.15, 0.2) is 0 Å². The summed E-state index contributed by atoms with van der Waals surface area (Å²) in [5.74, 6) is -0.947. The van der Waals surface area contributed by atoms with E-state index in [1.54, 1.807) is 28.8 Å². The van der Waals surface area contributed by atoms with Crippen molar-refractivity contribution in [3.63, 3.8) is 0 Å². The van der Waals surface area contributed by atoms with Gasteiger partial charge in [0, 0.05) is 11.8 Å². The van der Waals surface area contributed by atoms with E-state index in [2.05, 4.69) is 0 Å². The van der Waals surface area contributed by atoms with Crippen molar-refractivity contribution >= 4 is 5.97 Å². The summed E-state index contributed by atoms with van der Waals surface area (Å²) in [5.41, 5.74) is 3.40. The molecule has 102 valence electrons. The van der Waals surface area contributed by atoms with Crippen molar-refractivity contribution in [2.45, 2.75) is 25.8 Å². The van der Waals surface area contributed by atoms with Crippen LogP contribution >= 0.6 is 0 Å². The normalized spacial score (nSPS) is 13.2. The Labute approximate surface area is 116 Å². The second-order valence-corrected chi connectivity index (χ2v) is 5.09. The smallest absolute Gasteiger partial charge is 0.335 e. The van der Waals surface area contributed by atoms with Gasteiger partial charge in [-0.1, -0.05) is 18.2 Å². The SMILES string of the molecule is O=C(O)c1cccc(Cn2c3c(ccc2=O)CCC3)c1. The van der Waals surface area contributed by atoms with Gasteiger partial charge in [0.25, 0.3) is 5.56 Å². The minimum Gasteiger partial charge on any atom is -0.478 e. The Kier molecular flexibility index (Phi) is 3.14. The fraction of sp³-hybridized carbons (Fsp3) is 0.250. The van der Waals surface area contributed by atoms with Crippen LogP contribution in [-0.2, 0) is 19.4 Å². The molecule has 1 aliphatic rings. The van der Waals surface area contributed by atoms with Gasteiger partial charge in [-0.3, -0.25) is 4.79 Å². The van der Waals surface area contributed by atoms with Crippen molar-refractivity contribution in [2.75, 3.05) is 0 Å². The monoisotopic (exact) mass is 269 g/mol. The first-order chi connectivity index (χ1) is 9.65. The lowest BCUT2D eigenvalue weighted by Crippen LogP contribution is -2.23. The summed E-state index contributed by atoms with van der Waals surface area (Å²) in [6, 6.07) is 10.3. The highest BCUT2D eigenvalue weighted by Gasteiger charge is 2.16. The molecule has 0 amide bonds. The number of aromatic nitrogens is 1. The van der Waals surface area contributed by atoms with Crippen LogP contribution in [0.25, 0.3) is 0 Å². The Balaban J connectivity index is 2.00. The number of carbonyl (C=O) groups is 1. The molecule has 0 unspecified atom stereocenters. The van der Waals surface area contributed by atoms with E-state index in [9.17, 15) is 9.59 Å². The van der Waals surface area contributed by atoms with Crippen LogP contribution in [0.5, 0.6) is 0 Å². The van der Waals surface area contributed by atoms with E-state index in [1.165, 1.54) is 5.56 Å². The molecule has 1 aliphatic carbocycles. The lowest BCUT2D eigenvalue weighted by Gasteiger charge is -2.12. The summed E-state index contributed by atoms with van der Waals surface area (Å²) in [6.45, 7) is 0.434. The summed E-state index contributed by atoms with van der Waals surface area (Å²) in [5, 5.41) is 9.02. The van der Waals surface area contributed by atoms with Gasteiger partial charge >= 0.3 is 5.97 Å². The van der Waals surface area contributed by atoms with Crippen molar-refractivity contribution in [2.24, 2.45) is 0 Å². The molecule has 3 rings (SSSR count). The van der Waals surface area contributed by atoms with Crippen LogP contribution in [0.15, 0.2) is 41.2 Å². The number of pyridine rings is 1. The highest BCUT2D eigenvalue weighted by atomic mass is 16.4. The average molecular weight is 269 g/mol. The van der Waals surface area contributed by atoms with Gasteiger partial charge in [0.05, 0.1) is 12.1 Å². The molecule has 1 aromatic heterocycles. The maximum atomic E-state index is 12.0. The van der Waals surface area contributed by atoms with Gasteiger partial charge in [-0.2, -0.15) is 0 Å². The lowest BCUT2D eigenvalue weighted by molar-refractivity contribution is 0.0696. The Morgan fingerprint density at radius 2 is 2.05 bits per heavy atom. The van der Waals surface area contributed by atoms with Gasteiger partial charge < -0.3 is 9.67 Å². The molecular weight excluding hydrogens is 254 g/mol. The van der Waals surface area contributed by atoms with Crippen LogP contribution in [0.2, 0.25) is 0 Å². The number of rotatable bonds is 3. The Bertz CT molecular complexity index is 731. The van der Waals surface area contributed by atoms with Crippen molar-refractivity contribution in [3.8, 4) is 0 Å². The number of hydrogen-bond acceptors (Lipinski definition) is 2. The van der Waals surface area contributed by atoms with Crippen LogP contribution in [-0.4, -0.2) is 15.6 Å². The summed E-state index contributed by atoms with van der Waals surface area (Å²) in [6.07, 6.45) is 3.02. The molecule has 0 saturated carbocycles. The minimum absolute atomic E-state index is 0.0219. The second-order valence-electron chi connectivity index (χ2n) is 5.09. The van der Waals surface area contributed by atoms with Crippen molar-refractivity contribution in [1.29, 1.82) is 0 Å². The molecule has 4 heteroatoms. The molecular formula is C16H15NO3. The van der Waals surface area contributed by atoms with Crippen LogP contribution in [0, 0.1) is 0 Å². The topological polar surface area (TPSA) is 59.3 Å².